The summed E-state index contributed by atoms with van der Waals surface area (Å²) in [6.07, 6.45) is 1.09. The van der Waals surface area contributed by atoms with E-state index in [4.69, 9.17) is 21.1 Å². The van der Waals surface area contributed by atoms with Gasteiger partial charge in [0.2, 0.25) is 0 Å². The summed E-state index contributed by atoms with van der Waals surface area (Å²) in [7, 11) is 3.01. The fourth-order valence-electron chi connectivity index (χ4n) is 1.74. The highest BCUT2D eigenvalue weighted by Crippen LogP contribution is 2.24. The van der Waals surface area contributed by atoms with E-state index in [1.807, 2.05) is 0 Å². The lowest BCUT2D eigenvalue weighted by molar-refractivity contribution is -0.106. The number of hydrogen-bond acceptors (Lipinski definition) is 5. The fraction of sp³-hybridized carbons (Fsp3) is 0.308. The van der Waals surface area contributed by atoms with Crippen LogP contribution in [0.2, 0.25) is 4.47 Å². The number of nitrogens with one attached hydrogen (secondary N) is 1. The first-order valence-corrected chi connectivity index (χ1v) is 7.02. The largest absolute Gasteiger partial charge is 0.378 e. The van der Waals surface area contributed by atoms with Crippen molar-refractivity contribution in [2.45, 2.75) is 12.8 Å². The molecule has 7 heteroatoms. The zero-order valence-electron chi connectivity index (χ0n) is 11.0. The van der Waals surface area contributed by atoms with Crippen molar-refractivity contribution < 1.29 is 13.9 Å². The van der Waals surface area contributed by atoms with Gasteiger partial charge >= 0.3 is 0 Å². The van der Waals surface area contributed by atoms with Crippen LogP contribution < -0.4 is 5.32 Å². The van der Waals surface area contributed by atoms with Crippen LogP contribution in [0, 0.1) is 5.82 Å². The number of rotatable bonds is 6. The molecule has 0 aliphatic rings. The van der Waals surface area contributed by atoms with Crippen LogP contribution in [-0.2, 0) is 16.0 Å². The second-order valence-corrected chi connectivity index (χ2v) is 5.67. The Balaban J connectivity index is 2.06. The molecule has 0 bridgehead atoms. The Morgan fingerprint density at radius 1 is 1.40 bits per heavy atom. The third-order valence-electron chi connectivity index (χ3n) is 2.67. The van der Waals surface area contributed by atoms with E-state index in [1.165, 1.54) is 31.6 Å². The van der Waals surface area contributed by atoms with Crippen molar-refractivity contribution in [3.8, 4) is 0 Å². The van der Waals surface area contributed by atoms with Crippen LogP contribution in [0.3, 0.4) is 0 Å². The lowest BCUT2D eigenvalue weighted by Crippen LogP contribution is -2.06. The van der Waals surface area contributed by atoms with Gasteiger partial charge in [0, 0.05) is 30.9 Å². The monoisotopic (exact) mass is 316 g/mol. The molecule has 2 aromatic rings. The summed E-state index contributed by atoms with van der Waals surface area (Å²) in [6, 6.07) is 4.79. The number of thiazole rings is 1. The molecule has 1 heterocycles. The molecule has 0 aliphatic carbocycles. The van der Waals surface area contributed by atoms with Crippen molar-refractivity contribution in [3.05, 3.63) is 45.1 Å². The van der Waals surface area contributed by atoms with E-state index in [0.29, 0.717) is 22.3 Å². The maximum absolute atomic E-state index is 14.0. The molecule has 1 aromatic heterocycles. The van der Waals surface area contributed by atoms with Crippen LogP contribution in [0.1, 0.15) is 16.7 Å². The molecule has 4 nitrogen and oxygen atoms in total. The predicted octanol–water partition coefficient (Wildman–Crippen LogP) is 3.84. The highest BCUT2D eigenvalue weighted by atomic mass is 35.5. The van der Waals surface area contributed by atoms with Crippen molar-refractivity contribution in [2.75, 3.05) is 19.5 Å². The first kappa shape index (κ1) is 15.2. The van der Waals surface area contributed by atoms with Gasteiger partial charge in [0.1, 0.15) is 5.82 Å². The third-order valence-corrected chi connectivity index (χ3v) is 3.79. The maximum atomic E-state index is 14.0. The molecule has 0 saturated heterocycles. The summed E-state index contributed by atoms with van der Waals surface area (Å²) in [5.74, 6) is -0.364. The van der Waals surface area contributed by atoms with Crippen LogP contribution in [0.25, 0.3) is 0 Å². The van der Waals surface area contributed by atoms with Gasteiger partial charge in [-0.1, -0.05) is 17.7 Å². The van der Waals surface area contributed by atoms with Crippen LogP contribution in [-0.4, -0.2) is 19.2 Å². The molecule has 0 unspecified atom stereocenters. The number of methoxy groups -OCH3 is 2. The molecule has 0 fully saturated rings. The number of nitrogens with zero attached hydrogens (tertiary/aromatic N) is 1. The Morgan fingerprint density at radius 2 is 2.15 bits per heavy atom. The van der Waals surface area contributed by atoms with Crippen molar-refractivity contribution in [1.29, 1.82) is 0 Å². The average Bonchev–Trinajstić information content (AvgIpc) is 2.85. The van der Waals surface area contributed by atoms with E-state index in [0.717, 1.165) is 4.88 Å². The molecule has 108 valence electrons. The lowest BCUT2D eigenvalue weighted by Gasteiger charge is -2.15. The Hall–Kier alpha value is -1.21. The number of ether oxygens (including phenoxy) is 2. The number of anilines is 1. The van der Waals surface area contributed by atoms with Gasteiger partial charge in [-0.05, 0) is 12.1 Å². The second kappa shape index (κ2) is 6.99. The van der Waals surface area contributed by atoms with E-state index in [2.05, 4.69) is 10.3 Å². The van der Waals surface area contributed by atoms with E-state index >= 15 is 0 Å². The number of halogens is 2. The molecule has 0 saturated carbocycles. The van der Waals surface area contributed by atoms with Gasteiger partial charge in [0.15, 0.2) is 10.8 Å². The smallest absolute Gasteiger partial charge is 0.183 e. The summed E-state index contributed by atoms with van der Waals surface area (Å²) < 4.78 is 24.6. The van der Waals surface area contributed by atoms with Gasteiger partial charge in [-0.3, -0.25) is 0 Å². The molecule has 1 N–H and O–H groups in total. The maximum Gasteiger partial charge on any atom is 0.183 e. The molecule has 0 aliphatic heterocycles. The fourth-order valence-corrected chi connectivity index (χ4v) is 2.66. The van der Waals surface area contributed by atoms with Gasteiger partial charge in [0.05, 0.1) is 12.2 Å². The molecule has 0 spiro atoms. The molecule has 1 aromatic carbocycles. The van der Waals surface area contributed by atoms with Crippen LogP contribution in [0.4, 0.5) is 10.1 Å². The quantitative estimate of drug-likeness (QED) is 0.822. The van der Waals surface area contributed by atoms with Crippen molar-refractivity contribution in [2.24, 2.45) is 0 Å². The SMILES string of the molecule is COC(OC)c1ccc(NCc2cnc(Cl)s2)c(F)c1. The van der Waals surface area contributed by atoms with Gasteiger partial charge in [-0.15, -0.1) is 11.3 Å². The highest BCUT2D eigenvalue weighted by molar-refractivity contribution is 7.15. The second-order valence-electron chi connectivity index (χ2n) is 3.98. The lowest BCUT2D eigenvalue weighted by atomic mass is 10.2. The van der Waals surface area contributed by atoms with E-state index in [1.54, 1.807) is 18.3 Å². The summed E-state index contributed by atoms with van der Waals surface area (Å²) in [6.45, 7) is 0.471. The topological polar surface area (TPSA) is 43.4 Å². The van der Waals surface area contributed by atoms with Crippen molar-refractivity contribution >= 4 is 28.6 Å². The predicted molar refractivity (Wildman–Crippen MR) is 77.6 cm³/mol. The summed E-state index contributed by atoms with van der Waals surface area (Å²) >= 11 is 7.10. The summed E-state index contributed by atoms with van der Waals surface area (Å²) in [5.41, 5.74) is 1.03. The molecular weight excluding hydrogens is 303 g/mol. The third kappa shape index (κ3) is 3.67. The standard InChI is InChI=1S/C13H14ClFN2O2S/c1-18-12(19-2)8-3-4-11(10(15)5-8)16-6-9-7-17-13(14)20-9/h3-5,7,12,16H,6H2,1-2H3. The van der Waals surface area contributed by atoms with Crippen molar-refractivity contribution in [1.82, 2.24) is 4.98 Å². The average molecular weight is 317 g/mol. The Morgan fingerprint density at radius 3 is 2.70 bits per heavy atom. The van der Waals surface area contributed by atoms with Crippen LogP contribution >= 0.6 is 22.9 Å². The molecular formula is C13H14ClFN2O2S. The van der Waals surface area contributed by atoms with E-state index in [-0.39, 0.29) is 5.82 Å². The number of hydrogen-bond donors (Lipinski definition) is 1. The normalized spacial score (nSPS) is 11.1. The zero-order chi connectivity index (χ0) is 14.5. The Bertz CT molecular complexity index is 575. The molecule has 0 amide bonds. The van der Waals surface area contributed by atoms with Crippen LogP contribution in [0.5, 0.6) is 0 Å². The molecule has 0 radical (unpaired) electrons. The molecule has 2 rings (SSSR count). The van der Waals surface area contributed by atoms with E-state index in [9.17, 15) is 4.39 Å². The number of benzene rings is 1. The van der Waals surface area contributed by atoms with Gasteiger partial charge < -0.3 is 14.8 Å². The first-order chi connectivity index (χ1) is 9.63. The van der Waals surface area contributed by atoms with Gasteiger partial charge in [0.25, 0.3) is 0 Å². The zero-order valence-corrected chi connectivity index (χ0v) is 12.6. The summed E-state index contributed by atoms with van der Waals surface area (Å²) in [5, 5.41) is 3.00. The highest BCUT2D eigenvalue weighted by Gasteiger charge is 2.12. The summed E-state index contributed by atoms with van der Waals surface area (Å²) in [4.78, 5) is 4.86. The van der Waals surface area contributed by atoms with Gasteiger partial charge in [-0.2, -0.15) is 0 Å². The first-order valence-electron chi connectivity index (χ1n) is 5.83. The van der Waals surface area contributed by atoms with Crippen molar-refractivity contribution in [3.63, 3.8) is 0 Å². The minimum atomic E-state index is -0.571. The van der Waals surface area contributed by atoms with Gasteiger partial charge in [-0.25, -0.2) is 9.37 Å². The molecule has 0 atom stereocenters. The Labute approximate surface area is 125 Å². The van der Waals surface area contributed by atoms with Crippen LogP contribution in [0.15, 0.2) is 24.4 Å². The molecule has 20 heavy (non-hydrogen) atoms. The van der Waals surface area contributed by atoms with E-state index < -0.39 is 6.29 Å². The number of aromatic nitrogens is 1. The Kier molecular flexibility index (Phi) is 5.31. The minimum Gasteiger partial charge on any atom is -0.378 e. The minimum absolute atomic E-state index is 0.364.